The van der Waals surface area contributed by atoms with E-state index in [0.29, 0.717) is 13.1 Å². The number of hydrogen-bond donors (Lipinski definition) is 1. The first-order valence-corrected chi connectivity index (χ1v) is 10.8. The fraction of sp³-hybridized carbons (Fsp3) is 0.588. The van der Waals surface area contributed by atoms with Crippen LogP contribution in [-0.4, -0.2) is 80.2 Å². The van der Waals surface area contributed by atoms with E-state index in [1.807, 2.05) is 0 Å². The van der Waals surface area contributed by atoms with Crippen molar-refractivity contribution in [3.63, 3.8) is 0 Å². The van der Waals surface area contributed by atoms with Gasteiger partial charge in [-0.1, -0.05) is 13.8 Å². The topological polar surface area (TPSA) is 114 Å². The number of halogens is 3. The van der Waals surface area contributed by atoms with Crippen LogP contribution in [0.25, 0.3) is 0 Å². The zero-order valence-electron chi connectivity index (χ0n) is 17.3. The van der Waals surface area contributed by atoms with Gasteiger partial charge < -0.3 is 19.1 Å². The van der Waals surface area contributed by atoms with Gasteiger partial charge in [0.05, 0.1) is 30.9 Å². The Bertz CT molecular complexity index is 984. The normalized spacial score (nSPS) is 17.2. The largest absolute Gasteiger partial charge is 0.490 e. The smallest absolute Gasteiger partial charge is 0.475 e. The van der Waals surface area contributed by atoms with E-state index in [1.165, 1.54) is 10.6 Å². The molecule has 1 aliphatic rings. The Kier molecular flexibility index (Phi) is 7.83. The van der Waals surface area contributed by atoms with E-state index < -0.39 is 22.2 Å². The SMILES string of the molecule is CCN(CC)CC1CN(S(=O)(=O)c2cn(C)cn2)Cc2cncn21.O=C(O)C(F)(F)F. The number of nitrogens with zero attached hydrogens (tertiary/aromatic N) is 6. The van der Waals surface area contributed by atoms with Crippen LogP contribution in [0.2, 0.25) is 0 Å². The number of likely N-dealkylation sites (N-methyl/N-ethyl adjacent to an activating group) is 1. The minimum atomic E-state index is -5.08. The molecule has 3 rings (SSSR count). The minimum absolute atomic E-state index is 0.0506. The molecule has 1 aliphatic heterocycles. The van der Waals surface area contributed by atoms with E-state index in [0.717, 1.165) is 25.3 Å². The molecule has 0 fully saturated rings. The molecule has 174 valence electrons. The molecular weight excluding hydrogens is 441 g/mol. The molecule has 0 spiro atoms. The number of carboxylic acids is 1. The van der Waals surface area contributed by atoms with Gasteiger partial charge in [0, 0.05) is 32.5 Å². The molecule has 10 nitrogen and oxygen atoms in total. The Morgan fingerprint density at radius 3 is 2.39 bits per heavy atom. The number of alkyl halides is 3. The molecule has 0 amide bonds. The number of aliphatic carboxylic acids is 1. The summed E-state index contributed by atoms with van der Waals surface area (Å²) in [4.78, 5) is 19.4. The van der Waals surface area contributed by atoms with Crippen LogP contribution in [0.5, 0.6) is 0 Å². The summed E-state index contributed by atoms with van der Waals surface area (Å²) in [6, 6.07) is 0.0506. The predicted octanol–water partition coefficient (Wildman–Crippen LogP) is 1.34. The Morgan fingerprint density at radius 1 is 1.29 bits per heavy atom. The standard InChI is InChI=1S/C15H24N6O2S.C2HF3O2/c1-4-19(5-2)7-14-9-20(8-13-6-16-11-21(13)14)24(22,23)15-10-18(3)12-17-15;3-2(4,5)1(6)7/h6,10-12,14H,4-5,7-9H2,1-3H3;(H,6,7). The van der Waals surface area contributed by atoms with Crippen LogP contribution in [0.1, 0.15) is 25.6 Å². The van der Waals surface area contributed by atoms with Gasteiger partial charge in [0.15, 0.2) is 5.03 Å². The van der Waals surface area contributed by atoms with Crippen molar-refractivity contribution in [1.82, 2.24) is 28.3 Å². The second-order valence-corrected chi connectivity index (χ2v) is 8.79. The molecule has 0 radical (unpaired) electrons. The van der Waals surface area contributed by atoms with Crippen LogP contribution in [0, 0.1) is 0 Å². The predicted molar refractivity (Wildman–Crippen MR) is 104 cm³/mol. The van der Waals surface area contributed by atoms with Crippen LogP contribution in [-0.2, 0) is 28.4 Å². The van der Waals surface area contributed by atoms with Gasteiger partial charge in [0.1, 0.15) is 0 Å². The number of aryl methyl sites for hydroxylation is 1. The molecule has 2 aromatic rings. The summed E-state index contributed by atoms with van der Waals surface area (Å²) in [6.45, 7) is 7.65. The fourth-order valence-electron chi connectivity index (χ4n) is 3.11. The number of rotatable bonds is 6. The summed E-state index contributed by atoms with van der Waals surface area (Å²) in [7, 11) is -1.84. The molecule has 3 heterocycles. The van der Waals surface area contributed by atoms with Crippen LogP contribution < -0.4 is 0 Å². The molecule has 31 heavy (non-hydrogen) atoms. The first kappa shape index (κ1) is 24.8. The first-order chi connectivity index (χ1) is 14.4. The zero-order chi connectivity index (χ0) is 23.4. The van der Waals surface area contributed by atoms with E-state index >= 15 is 0 Å². The van der Waals surface area contributed by atoms with Crippen LogP contribution in [0.4, 0.5) is 13.2 Å². The van der Waals surface area contributed by atoms with Crippen molar-refractivity contribution in [3.05, 3.63) is 30.7 Å². The molecule has 1 atom stereocenters. The number of aromatic nitrogens is 4. The number of sulfonamides is 1. The molecule has 1 N–H and O–H groups in total. The van der Waals surface area contributed by atoms with Crippen LogP contribution in [0.3, 0.4) is 0 Å². The van der Waals surface area contributed by atoms with Crippen LogP contribution in [0.15, 0.2) is 30.1 Å². The van der Waals surface area contributed by atoms with Gasteiger partial charge in [-0.25, -0.2) is 23.2 Å². The van der Waals surface area contributed by atoms with Crippen molar-refractivity contribution < 1.29 is 31.5 Å². The van der Waals surface area contributed by atoms with Crippen molar-refractivity contribution >= 4 is 16.0 Å². The van der Waals surface area contributed by atoms with Gasteiger partial charge in [-0.2, -0.15) is 17.5 Å². The van der Waals surface area contributed by atoms with Crippen molar-refractivity contribution in [2.24, 2.45) is 7.05 Å². The highest BCUT2D eigenvalue weighted by Crippen LogP contribution is 2.26. The van der Waals surface area contributed by atoms with Gasteiger partial charge in [-0.3, -0.25) is 0 Å². The molecule has 14 heteroatoms. The Balaban J connectivity index is 0.000000423. The Hall–Kier alpha value is -2.45. The summed E-state index contributed by atoms with van der Waals surface area (Å²) in [6.07, 6.45) is 1.51. The maximum Gasteiger partial charge on any atom is 0.490 e. The van der Waals surface area contributed by atoms with Gasteiger partial charge >= 0.3 is 12.1 Å². The third kappa shape index (κ3) is 6.04. The molecule has 0 saturated carbocycles. The summed E-state index contributed by atoms with van der Waals surface area (Å²) in [5.74, 6) is -2.76. The summed E-state index contributed by atoms with van der Waals surface area (Å²) in [5, 5.41) is 7.22. The molecule has 0 aliphatic carbocycles. The van der Waals surface area contributed by atoms with E-state index in [-0.39, 0.29) is 11.1 Å². The maximum absolute atomic E-state index is 12.9. The second-order valence-electron chi connectivity index (χ2n) is 6.91. The van der Waals surface area contributed by atoms with Crippen LogP contribution >= 0.6 is 0 Å². The van der Waals surface area contributed by atoms with Gasteiger partial charge in [0.2, 0.25) is 0 Å². The zero-order valence-corrected chi connectivity index (χ0v) is 18.1. The van der Waals surface area contributed by atoms with Gasteiger partial charge in [-0.15, -0.1) is 0 Å². The van der Waals surface area contributed by atoms with Gasteiger partial charge in [0.25, 0.3) is 10.0 Å². The Morgan fingerprint density at radius 2 is 1.90 bits per heavy atom. The fourth-order valence-corrected chi connectivity index (χ4v) is 4.53. The summed E-state index contributed by atoms with van der Waals surface area (Å²) >= 11 is 0. The highest BCUT2D eigenvalue weighted by Gasteiger charge is 2.38. The highest BCUT2D eigenvalue weighted by atomic mass is 32.2. The third-order valence-corrected chi connectivity index (χ3v) is 6.48. The lowest BCUT2D eigenvalue weighted by Gasteiger charge is -2.35. The van der Waals surface area contributed by atoms with E-state index in [1.54, 1.807) is 30.3 Å². The number of carbonyl (C=O) groups is 1. The lowest BCUT2D eigenvalue weighted by atomic mass is 10.2. The quantitative estimate of drug-likeness (QED) is 0.683. The maximum atomic E-state index is 12.9. The van der Waals surface area contributed by atoms with E-state index in [4.69, 9.17) is 9.90 Å². The molecular formula is C17H25F3N6O4S. The molecule has 0 saturated heterocycles. The van der Waals surface area contributed by atoms with Crippen molar-refractivity contribution in [2.45, 2.75) is 37.6 Å². The molecule has 0 aromatic carbocycles. The lowest BCUT2D eigenvalue weighted by Crippen LogP contribution is -2.44. The molecule has 2 aromatic heterocycles. The van der Waals surface area contributed by atoms with Crippen molar-refractivity contribution in [3.8, 4) is 0 Å². The monoisotopic (exact) mass is 466 g/mol. The highest BCUT2D eigenvalue weighted by molar-refractivity contribution is 7.89. The molecule has 1 unspecified atom stereocenters. The Labute approximate surface area is 178 Å². The van der Waals surface area contributed by atoms with Gasteiger partial charge in [-0.05, 0) is 13.1 Å². The van der Waals surface area contributed by atoms with Crippen molar-refractivity contribution in [1.29, 1.82) is 0 Å². The average molecular weight is 466 g/mol. The third-order valence-electron chi connectivity index (χ3n) is 4.78. The average Bonchev–Trinajstić information content (AvgIpc) is 3.34. The lowest BCUT2D eigenvalue weighted by molar-refractivity contribution is -0.192. The summed E-state index contributed by atoms with van der Waals surface area (Å²) < 4.78 is 62.8. The van der Waals surface area contributed by atoms with E-state index in [9.17, 15) is 21.6 Å². The number of hydrogen-bond acceptors (Lipinski definition) is 6. The number of imidazole rings is 2. The van der Waals surface area contributed by atoms with Crippen molar-refractivity contribution in [2.75, 3.05) is 26.2 Å². The number of carboxylic acid groups (broad SMARTS) is 1. The van der Waals surface area contributed by atoms with E-state index in [2.05, 4.69) is 33.3 Å². The number of fused-ring (bicyclic) bond motifs is 1. The summed E-state index contributed by atoms with van der Waals surface area (Å²) in [5.41, 5.74) is 0.915. The molecule has 0 bridgehead atoms. The second kappa shape index (κ2) is 9.78. The minimum Gasteiger partial charge on any atom is -0.475 e. The first-order valence-electron chi connectivity index (χ1n) is 9.41.